The number of nitrogens with zero attached hydrogens (tertiary/aromatic N) is 1. The lowest BCUT2D eigenvalue weighted by atomic mass is 9.58. The number of nitrogens with two attached hydrogens (primary N) is 1. The number of ketones is 2. The summed E-state index contributed by atoms with van der Waals surface area (Å²) in [5, 5.41) is 47.0. The Labute approximate surface area is 232 Å². The van der Waals surface area contributed by atoms with Gasteiger partial charge in [-0.15, -0.1) is 0 Å². The Morgan fingerprint density at radius 1 is 1.10 bits per heavy atom. The number of aliphatic hydroxyl groups is 3. The number of fused-ring (bicyclic) bond motifs is 3. The summed E-state index contributed by atoms with van der Waals surface area (Å²) < 4.78 is 18.2. The van der Waals surface area contributed by atoms with E-state index in [0.717, 1.165) is 12.1 Å². The highest BCUT2D eigenvalue weighted by Gasteiger charge is 2.63. The third-order valence-electron chi connectivity index (χ3n) is 7.86. The predicted octanol–water partition coefficient (Wildman–Crippen LogP) is 1.87. The number of ether oxygens (including phenoxy) is 1. The Balaban J connectivity index is 1.53. The van der Waals surface area contributed by atoms with Gasteiger partial charge in [-0.3, -0.25) is 24.6 Å². The second-order valence-corrected chi connectivity index (χ2v) is 10.4. The predicted molar refractivity (Wildman–Crippen MR) is 140 cm³/mol. The Morgan fingerprint density at radius 3 is 2.37 bits per heavy atom. The van der Waals surface area contributed by atoms with E-state index in [2.05, 4.69) is 5.32 Å². The number of likely N-dealkylation sites (N-methyl/N-ethyl adjacent to an activating group) is 1. The molecule has 2 amide bonds. The minimum Gasteiger partial charge on any atom is -0.510 e. The second-order valence-electron chi connectivity index (χ2n) is 10.4. The molecule has 3 aliphatic carbocycles. The number of carbonyl (C=O) groups is 4. The van der Waals surface area contributed by atoms with Gasteiger partial charge in [-0.25, -0.2) is 9.18 Å². The highest BCUT2D eigenvalue weighted by molar-refractivity contribution is 6.25. The van der Waals surface area contributed by atoms with Gasteiger partial charge in [0, 0.05) is 11.5 Å². The second kappa shape index (κ2) is 9.71. The number of carbonyl (C=O) groups excluding carboxylic acids is 4. The molecule has 0 aliphatic heterocycles. The van der Waals surface area contributed by atoms with Crippen molar-refractivity contribution in [2.45, 2.75) is 24.5 Å². The number of nitrogens with one attached hydrogen (secondary N) is 1. The van der Waals surface area contributed by atoms with Crippen LogP contribution in [0.5, 0.6) is 11.5 Å². The van der Waals surface area contributed by atoms with Gasteiger partial charge < -0.3 is 30.9 Å². The Hall–Kier alpha value is -4.75. The summed E-state index contributed by atoms with van der Waals surface area (Å²) >= 11 is 0. The molecule has 0 fully saturated rings. The molecular weight excluding hydrogens is 541 g/mol. The number of hydrogen-bond acceptors (Lipinski definition) is 10. The van der Waals surface area contributed by atoms with Crippen molar-refractivity contribution in [2.75, 3.05) is 19.4 Å². The van der Waals surface area contributed by atoms with E-state index < -0.39 is 75.7 Å². The van der Waals surface area contributed by atoms with Crippen molar-refractivity contribution in [3.8, 4) is 11.5 Å². The molecule has 5 rings (SSSR count). The number of phenolic OH excluding ortho intramolecular Hbond substituents is 1. The van der Waals surface area contributed by atoms with Crippen LogP contribution < -0.4 is 15.8 Å². The number of Topliss-reactive ketones (excluding diaryl/α,β-unsaturated/α-hetero) is 2. The zero-order valence-electron chi connectivity index (χ0n) is 21.8. The number of allylic oxidation sites excluding steroid dienone is 1. The molecule has 2 aromatic carbocycles. The molecule has 0 radical (unpaired) electrons. The first kappa shape index (κ1) is 27.8. The molecule has 41 heavy (non-hydrogen) atoms. The third-order valence-corrected chi connectivity index (χ3v) is 7.86. The van der Waals surface area contributed by atoms with Crippen LogP contribution in [0.15, 0.2) is 59.1 Å². The minimum atomic E-state index is -2.75. The molecule has 13 heteroatoms. The molecule has 3 aliphatic rings. The summed E-state index contributed by atoms with van der Waals surface area (Å²) in [6.07, 6.45) is -0.989. The van der Waals surface area contributed by atoms with E-state index in [0.29, 0.717) is 5.56 Å². The molecule has 12 nitrogen and oxygen atoms in total. The molecule has 7 N–H and O–H groups in total. The van der Waals surface area contributed by atoms with E-state index in [1.54, 1.807) is 14.1 Å². The number of benzene rings is 2. The lowest BCUT2D eigenvalue weighted by Gasteiger charge is -2.50. The van der Waals surface area contributed by atoms with Crippen molar-refractivity contribution in [2.24, 2.45) is 17.6 Å². The van der Waals surface area contributed by atoms with Gasteiger partial charge in [0.2, 0.25) is 5.78 Å². The van der Waals surface area contributed by atoms with Crippen molar-refractivity contribution in [1.82, 2.24) is 4.90 Å². The molecule has 214 valence electrons. The van der Waals surface area contributed by atoms with Crippen LogP contribution in [-0.4, -0.2) is 74.6 Å². The van der Waals surface area contributed by atoms with Crippen molar-refractivity contribution in [3.05, 3.63) is 76.0 Å². The maximum atomic E-state index is 13.7. The quantitative estimate of drug-likeness (QED) is 0.234. The van der Waals surface area contributed by atoms with Gasteiger partial charge in [0.1, 0.15) is 28.7 Å². The SMILES string of the molecule is CN(C)[C@@H]1C(O)=C(C(N)=O)C(=O)[C@@]2(O)C(O)=C3C(=O)c4c(ccc(NC(=O)Oc5ccc(F)cc5)c4O)C[C@H]3C[C@@H]12. The molecular formula is C28H26FN3O9. The summed E-state index contributed by atoms with van der Waals surface area (Å²) in [7, 11) is 3.09. The number of aromatic hydroxyl groups is 1. The normalized spacial score (nSPS) is 25.4. The molecule has 0 spiro atoms. The van der Waals surface area contributed by atoms with Crippen LogP contribution in [0.2, 0.25) is 0 Å². The van der Waals surface area contributed by atoms with E-state index >= 15 is 0 Å². The maximum Gasteiger partial charge on any atom is 0.417 e. The summed E-state index contributed by atoms with van der Waals surface area (Å²) in [6, 6.07) is 6.35. The van der Waals surface area contributed by atoms with Crippen LogP contribution in [-0.2, 0) is 16.0 Å². The molecule has 0 heterocycles. The first-order valence-electron chi connectivity index (χ1n) is 12.5. The van der Waals surface area contributed by atoms with Gasteiger partial charge in [0.25, 0.3) is 5.91 Å². The van der Waals surface area contributed by atoms with Gasteiger partial charge in [0.15, 0.2) is 17.1 Å². The number of phenols is 1. The highest BCUT2D eigenvalue weighted by atomic mass is 19.1. The Morgan fingerprint density at radius 2 is 1.76 bits per heavy atom. The topological polar surface area (TPSA) is 200 Å². The monoisotopic (exact) mass is 567 g/mol. The van der Waals surface area contributed by atoms with Crippen LogP contribution in [0.25, 0.3) is 0 Å². The molecule has 0 saturated heterocycles. The number of halogens is 1. The van der Waals surface area contributed by atoms with Crippen molar-refractivity contribution in [1.29, 1.82) is 0 Å². The van der Waals surface area contributed by atoms with Crippen molar-refractivity contribution in [3.63, 3.8) is 0 Å². The van der Waals surface area contributed by atoms with E-state index in [9.17, 15) is 44.0 Å². The Bertz CT molecular complexity index is 1580. The average molecular weight is 568 g/mol. The number of anilines is 1. The summed E-state index contributed by atoms with van der Waals surface area (Å²) in [5.74, 6) is -8.22. The van der Waals surface area contributed by atoms with Gasteiger partial charge in [0.05, 0.1) is 17.3 Å². The first-order valence-corrected chi connectivity index (χ1v) is 12.5. The van der Waals surface area contributed by atoms with Crippen molar-refractivity contribution < 1.29 is 48.7 Å². The van der Waals surface area contributed by atoms with Crippen LogP contribution in [0.4, 0.5) is 14.9 Å². The number of primary amides is 1. The zero-order valence-corrected chi connectivity index (χ0v) is 21.8. The highest BCUT2D eigenvalue weighted by Crippen LogP contribution is 2.52. The van der Waals surface area contributed by atoms with E-state index in [1.165, 1.54) is 29.2 Å². The number of aliphatic hydroxyl groups excluding tert-OH is 2. The number of rotatable bonds is 4. The molecule has 0 unspecified atom stereocenters. The fourth-order valence-corrected chi connectivity index (χ4v) is 6.07. The van der Waals surface area contributed by atoms with Crippen LogP contribution in [0.1, 0.15) is 22.3 Å². The average Bonchev–Trinajstić information content (AvgIpc) is 2.89. The fraction of sp³-hybridized carbons (Fsp3) is 0.286. The summed E-state index contributed by atoms with van der Waals surface area (Å²) in [6.45, 7) is 0. The summed E-state index contributed by atoms with van der Waals surface area (Å²) in [4.78, 5) is 53.0. The molecule has 4 atom stereocenters. The fourth-order valence-electron chi connectivity index (χ4n) is 6.07. The van der Waals surface area contributed by atoms with Gasteiger partial charge in [-0.2, -0.15) is 0 Å². The van der Waals surface area contributed by atoms with Crippen LogP contribution in [0.3, 0.4) is 0 Å². The van der Waals surface area contributed by atoms with Gasteiger partial charge >= 0.3 is 6.09 Å². The van der Waals surface area contributed by atoms with Gasteiger partial charge in [-0.05, 0) is 68.8 Å². The zero-order chi connectivity index (χ0) is 30.0. The van der Waals surface area contributed by atoms with Crippen molar-refractivity contribution >= 4 is 29.3 Å². The minimum absolute atomic E-state index is 0.0175. The molecule has 2 aromatic rings. The van der Waals surface area contributed by atoms with Gasteiger partial charge in [-0.1, -0.05) is 6.07 Å². The first-order chi connectivity index (χ1) is 19.3. The standard InChI is InChI=1S/C28H26FN3O9/c1-32(2)20-15-10-12-9-11-3-8-16(31-27(39)41-14-6-4-13(29)5-7-14)21(33)17(11)22(34)18(12)24(36)28(15,40)25(37)19(23(20)35)26(30)38/h3-8,12,15,20,33,35-36,40H,9-10H2,1-2H3,(H2,30,38)(H,31,39)/t12-,15-,20-,28-/m0/s1. The number of hydrogen-bond donors (Lipinski definition) is 6. The maximum absolute atomic E-state index is 13.7. The molecule has 0 bridgehead atoms. The van der Waals surface area contributed by atoms with E-state index in [-0.39, 0.29) is 35.4 Å². The lowest BCUT2D eigenvalue weighted by molar-refractivity contribution is -0.148. The molecule has 0 saturated carbocycles. The number of amides is 2. The van der Waals surface area contributed by atoms with E-state index in [1.807, 2.05) is 0 Å². The Kier molecular flexibility index (Phi) is 6.59. The van der Waals surface area contributed by atoms with Crippen LogP contribution in [0, 0.1) is 17.7 Å². The smallest absolute Gasteiger partial charge is 0.417 e. The third kappa shape index (κ3) is 4.21. The lowest BCUT2D eigenvalue weighted by Crippen LogP contribution is -2.63. The largest absolute Gasteiger partial charge is 0.510 e. The van der Waals surface area contributed by atoms with Crippen LogP contribution >= 0.6 is 0 Å². The molecule has 0 aromatic heterocycles. The summed E-state index contributed by atoms with van der Waals surface area (Å²) in [5.41, 5.74) is 1.24. The van der Waals surface area contributed by atoms with E-state index in [4.69, 9.17) is 10.5 Å².